The van der Waals surface area contributed by atoms with E-state index in [4.69, 9.17) is 4.74 Å². The Labute approximate surface area is 134 Å². The average molecular weight is 307 g/mol. The van der Waals surface area contributed by atoms with Crippen molar-refractivity contribution in [3.63, 3.8) is 0 Å². The van der Waals surface area contributed by atoms with Gasteiger partial charge in [0.1, 0.15) is 11.5 Å². The highest BCUT2D eigenvalue weighted by Gasteiger charge is 2.15. The van der Waals surface area contributed by atoms with Gasteiger partial charge in [0.05, 0.1) is 5.69 Å². The number of hydrogen-bond acceptors (Lipinski definition) is 3. The van der Waals surface area contributed by atoms with Crippen LogP contribution in [0.4, 0.5) is 10.5 Å². The lowest BCUT2D eigenvalue weighted by Gasteiger charge is -2.18. The van der Waals surface area contributed by atoms with Crippen LogP contribution in [0.3, 0.4) is 0 Å². The largest absolute Gasteiger partial charge is 0.507 e. The fourth-order valence-electron chi connectivity index (χ4n) is 2.42. The first-order valence-electron chi connectivity index (χ1n) is 7.28. The molecular weight excluding hydrogens is 290 g/mol. The van der Waals surface area contributed by atoms with E-state index in [1.165, 1.54) is 4.90 Å². The lowest BCUT2D eigenvalue weighted by atomic mass is 10.1. The number of phenols is 1. The molecule has 0 aliphatic heterocycles. The van der Waals surface area contributed by atoms with Crippen molar-refractivity contribution >= 4 is 22.6 Å². The van der Waals surface area contributed by atoms with Crippen LogP contribution in [0.1, 0.15) is 5.56 Å². The summed E-state index contributed by atoms with van der Waals surface area (Å²) in [7, 11) is 1.61. The quantitative estimate of drug-likeness (QED) is 0.759. The smallest absolute Gasteiger partial charge is 0.419 e. The standard InChI is InChI=1S/C19H17NO3/c1-13-6-5-8-16(10-13)23-19(22)20(2)15-11-14-7-3-4-9-17(14)18(21)12-15/h3-12,21H,1-2H3. The zero-order valence-corrected chi connectivity index (χ0v) is 13.0. The summed E-state index contributed by atoms with van der Waals surface area (Å²) in [4.78, 5) is 13.7. The van der Waals surface area contributed by atoms with Gasteiger partial charge in [-0.3, -0.25) is 4.90 Å². The molecule has 23 heavy (non-hydrogen) atoms. The Bertz CT molecular complexity index is 873. The molecule has 0 saturated heterocycles. The van der Waals surface area contributed by atoms with Crippen LogP contribution >= 0.6 is 0 Å². The summed E-state index contributed by atoms with van der Waals surface area (Å²) in [5.41, 5.74) is 1.58. The lowest BCUT2D eigenvalue weighted by Crippen LogP contribution is -2.29. The topological polar surface area (TPSA) is 49.8 Å². The highest BCUT2D eigenvalue weighted by atomic mass is 16.6. The van der Waals surface area contributed by atoms with Gasteiger partial charge in [-0.1, -0.05) is 36.4 Å². The van der Waals surface area contributed by atoms with Gasteiger partial charge in [-0.25, -0.2) is 4.79 Å². The Morgan fingerprint density at radius 1 is 1.04 bits per heavy atom. The molecule has 0 aromatic heterocycles. The Morgan fingerprint density at radius 3 is 2.61 bits per heavy atom. The molecule has 4 nitrogen and oxygen atoms in total. The first kappa shape index (κ1) is 14.9. The van der Waals surface area contributed by atoms with Crippen LogP contribution in [-0.2, 0) is 0 Å². The summed E-state index contributed by atoms with van der Waals surface area (Å²) < 4.78 is 5.37. The molecular formula is C19H17NO3. The second-order valence-corrected chi connectivity index (χ2v) is 5.43. The molecule has 0 bridgehead atoms. The van der Waals surface area contributed by atoms with Crippen LogP contribution in [0.15, 0.2) is 60.7 Å². The third-order valence-corrected chi connectivity index (χ3v) is 3.68. The Morgan fingerprint density at radius 2 is 1.83 bits per heavy atom. The highest BCUT2D eigenvalue weighted by molar-refractivity contribution is 5.96. The molecule has 0 aliphatic carbocycles. The van der Waals surface area contributed by atoms with Crippen molar-refractivity contribution in [2.75, 3.05) is 11.9 Å². The van der Waals surface area contributed by atoms with Crippen molar-refractivity contribution in [3.05, 3.63) is 66.2 Å². The number of hydrogen-bond donors (Lipinski definition) is 1. The molecule has 3 aromatic rings. The maximum Gasteiger partial charge on any atom is 0.419 e. The number of ether oxygens (including phenoxy) is 1. The van der Waals surface area contributed by atoms with Gasteiger partial charge in [0.15, 0.2) is 0 Å². The maximum atomic E-state index is 12.3. The van der Waals surface area contributed by atoms with E-state index in [0.717, 1.165) is 16.3 Å². The lowest BCUT2D eigenvalue weighted by molar-refractivity contribution is 0.209. The molecule has 116 valence electrons. The van der Waals surface area contributed by atoms with Crippen molar-refractivity contribution < 1.29 is 14.6 Å². The number of aromatic hydroxyl groups is 1. The van der Waals surface area contributed by atoms with Gasteiger partial charge in [0, 0.05) is 18.5 Å². The van der Waals surface area contributed by atoms with Gasteiger partial charge in [0.2, 0.25) is 0 Å². The zero-order valence-electron chi connectivity index (χ0n) is 13.0. The third-order valence-electron chi connectivity index (χ3n) is 3.68. The van der Waals surface area contributed by atoms with E-state index < -0.39 is 6.09 Å². The van der Waals surface area contributed by atoms with E-state index in [2.05, 4.69) is 0 Å². The fourth-order valence-corrected chi connectivity index (χ4v) is 2.42. The SMILES string of the molecule is Cc1cccc(OC(=O)N(C)c2cc(O)c3ccccc3c2)c1. The minimum absolute atomic E-state index is 0.133. The number of nitrogens with zero attached hydrogens (tertiary/aromatic N) is 1. The monoisotopic (exact) mass is 307 g/mol. The van der Waals surface area contributed by atoms with E-state index in [0.29, 0.717) is 11.4 Å². The second kappa shape index (κ2) is 6.01. The summed E-state index contributed by atoms with van der Waals surface area (Å²) >= 11 is 0. The molecule has 0 spiro atoms. The average Bonchev–Trinajstić information content (AvgIpc) is 2.54. The van der Waals surface area contributed by atoms with Crippen LogP contribution in [0.2, 0.25) is 0 Å². The summed E-state index contributed by atoms with van der Waals surface area (Å²) in [5, 5.41) is 11.7. The number of benzene rings is 3. The Hall–Kier alpha value is -3.01. The molecule has 0 heterocycles. The Balaban J connectivity index is 1.87. The minimum Gasteiger partial charge on any atom is -0.507 e. The van der Waals surface area contributed by atoms with Crippen molar-refractivity contribution in [2.45, 2.75) is 6.92 Å². The first-order chi connectivity index (χ1) is 11.0. The first-order valence-corrected chi connectivity index (χ1v) is 7.28. The highest BCUT2D eigenvalue weighted by Crippen LogP contribution is 2.30. The van der Waals surface area contributed by atoms with E-state index >= 15 is 0 Å². The molecule has 0 aliphatic rings. The van der Waals surface area contributed by atoms with Gasteiger partial charge < -0.3 is 9.84 Å². The summed E-state index contributed by atoms with van der Waals surface area (Å²) in [6.45, 7) is 1.93. The summed E-state index contributed by atoms with van der Waals surface area (Å²) in [6, 6.07) is 18.2. The number of anilines is 1. The molecule has 0 radical (unpaired) electrons. The molecule has 0 saturated carbocycles. The molecule has 0 atom stereocenters. The molecule has 1 N–H and O–H groups in total. The molecule has 3 aromatic carbocycles. The zero-order chi connectivity index (χ0) is 16.4. The van der Waals surface area contributed by atoms with E-state index in [1.807, 2.05) is 49.4 Å². The molecule has 3 rings (SSSR count). The van der Waals surface area contributed by atoms with Crippen molar-refractivity contribution in [1.82, 2.24) is 0 Å². The number of rotatable bonds is 2. The van der Waals surface area contributed by atoms with E-state index in [1.54, 1.807) is 25.2 Å². The van der Waals surface area contributed by atoms with E-state index in [9.17, 15) is 9.90 Å². The fraction of sp³-hybridized carbons (Fsp3) is 0.105. The van der Waals surface area contributed by atoms with Crippen LogP contribution in [0, 0.1) is 6.92 Å². The molecule has 0 fully saturated rings. The van der Waals surface area contributed by atoms with Crippen molar-refractivity contribution in [1.29, 1.82) is 0 Å². The predicted octanol–water partition coefficient (Wildman–Crippen LogP) is 4.49. The maximum absolute atomic E-state index is 12.3. The van der Waals surface area contributed by atoms with Crippen molar-refractivity contribution in [2.24, 2.45) is 0 Å². The Kier molecular flexibility index (Phi) is 3.89. The molecule has 4 heteroatoms. The van der Waals surface area contributed by atoms with Crippen LogP contribution in [-0.4, -0.2) is 18.2 Å². The number of fused-ring (bicyclic) bond motifs is 1. The summed E-state index contributed by atoms with van der Waals surface area (Å²) in [5.74, 6) is 0.625. The third kappa shape index (κ3) is 3.11. The van der Waals surface area contributed by atoms with Crippen LogP contribution in [0.5, 0.6) is 11.5 Å². The van der Waals surface area contributed by atoms with Gasteiger partial charge in [0.25, 0.3) is 0 Å². The minimum atomic E-state index is -0.509. The molecule has 0 unspecified atom stereocenters. The van der Waals surface area contributed by atoms with Gasteiger partial charge in [-0.05, 0) is 36.1 Å². The van der Waals surface area contributed by atoms with Crippen molar-refractivity contribution in [3.8, 4) is 11.5 Å². The number of aryl methyl sites for hydroxylation is 1. The van der Waals surface area contributed by atoms with Crippen LogP contribution < -0.4 is 9.64 Å². The second-order valence-electron chi connectivity index (χ2n) is 5.43. The number of amides is 1. The van der Waals surface area contributed by atoms with Gasteiger partial charge in [-0.2, -0.15) is 0 Å². The van der Waals surface area contributed by atoms with Gasteiger partial charge in [-0.15, -0.1) is 0 Å². The van der Waals surface area contributed by atoms with E-state index in [-0.39, 0.29) is 5.75 Å². The summed E-state index contributed by atoms with van der Waals surface area (Å²) in [6.07, 6.45) is -0.509. The normalized spacial score (nSPS) is 10.5. The van der Waals surface area contributed by atoms with Gasteiger partial charge >= 0.3 is 6.09 Å². The van der Waals surface area contributed by atoms with Crippen LogP contribution in [0.25, 0.3) is 10.8 Å². The number of phenolic OH excluding ortho intramolecular Hbond substituents is 1. The number of carbonyl (C=O) groups is 1. The predicted molar refractivity (Wildman–Crippen MR) is 91.2 cm³/mol. The number of carbonyl (C=O) groups excluding carboxylic acids is 1. The molecule has 1 amide bonds.